The molecule has 0 heterocycles. The van der Waals surface area contributed by atoms with Gasteiger partial charge in [-0.3, -0.25) is 4.79 Å². The monoisotopic (exact) mass is 330 g/mol. The number of rotatable bonds is 5. The molecule has 1 aromatic carbocycles. The zero-order chi connectivity index (χ0) is 15.2. The first-order valence-corrected chi connectivity index (χ1v) is 7.96. The van der Waals surface area contributed by atoms with Crippen LogP contribution in [0, 0.1) is 0 Å². The smallest absolute Gasteiger partial charge is 0.258 e. The molecule has 21 heavy (non-hydrogen) atoms. The molecule has 0 radical (unpaired) electrons. The van der Waals surface area contributed by atoms with E-state index in [0.29, 0.717) is 21.4 Å². The number of halogens is 2. The van der Waals surface area contributed by atoms with Gasteiger partial charge < -0.3 is 15.8 Å². The van der Waals surface area contributed by atoms with Crippen LogP contribution in [-0.4, -0.2) is 18.6 Å². The zero-order valence-electron chi connectivity index (χ0n) is 11.8. The van der Waals surface area contributed by atoms with Crippen molar-refractivity contribution in [3.05, 3.63) is 27.7 Å². The topological polar surface area (TPSA) is 64.3 Å². The molecule has 1 aromatic rings. The van der Waals surface area contributed by atoms with E-state index in [9.17, 15) is 4.79 Å². The van der Waals surface area contributed by atoms with Gasteiger partial charge in [0.25, 0.3) is 5.91 Å². The Morgan fingerprint density at radius 2 is 2.00 bits per heavy atom. The molecule has 0 unspecified atom stereocenters. The predicted octanol–water partition coefficient (Wildman–Crippen LogP) is 3.28. The summed E-state index contributed by atoms with van der Waals surface area (Å²) in [6, 6.07) is 3.54. The summed E-state index contributed by atoms with van der Waals surface area (Å²) in [5, 5.41) is 3.86. The van der Waals surface area contributed by atoms with Crippen molar-refractivity contribution in [2.24, 2.45) is 5.73 Å². The van der Waals surface area contributed by atoms with Gasteiger partial charge in [-0.05, 0) is 25.0 Å². The Hall–Kier alpha value is -0.970. The van der Waals surface area contributed by atoms with Crippen molar-refractivity contribution in [3.63, 3.8) is 0 Å². The van der Waals surface area contributed by atoms with Crippen LogP contribution in [0.3, 0.4) is 0 Å². The Labute approximate surface area is 134 Å². The molecule has 4 nitrogen and oxygen atoms in total. The standard InChI is InChI=1S/C15H20Cl2N2O2/c16-11-6-10(8-18)15(13(17)7-11)21-9-14(20)19-12-4-2-1-3-5-12/h6-7,12H,1-5,8-9,18H2,(H,19,20). The van der Waals surface area contributed by atoms with Gasteiger partial charge in [0, 0.05) is 23.2 Å². The van der Waals surface area contributed by atoms with E-state index in [-0.39, 0.29) is 25.1 Å². The molecule has 0 aromatic heterocycles. The molecule has 6 heteroatoms. The number of ether oxygens (including phenoxy) is 1. The molecule has 0 aliphatic heterocycles. The van der Waals surface area contributed by atoms with Crippen LogP contribution >= 0.6 is 23.2 Å². The first kappa shape index (κ1) is 16.4. The van der Waals surface area contributed by atoms with Gasteiger partial charge in [0.1, 0.15) is 5.75 Å². The molecule has 1 aliphatic rings. The third-order valence-electron chi connectivity index (χ3n) is 3.62. The van der Waals surface area contributed by atoms with E-state index in [1.54, 1.807) is 12.1 Å². The molecular formula is C15H20Cl2N2O2. The van der Waals surface area contributed by atoms with Crippen molar-refractivity contribution in [2.45, 2.75) is 44.7 Å². The van der Waals surface area contributed by atoms with Gasteiger partial charge in [0.05, 0.1) is 5.02 Å². The van der Waals surface area contributed by atoms with E-state index < -0.39 is 0 Å². The van der Waals surface area contributed by atoms with E-state index >= 15 is 0 Å². The van der Waals surface area contributed by atoms with E-state index in [2.05, 4.69) is 5.32 Å². The number of benzene rings is 1. The van der Waals surface area contributed by atoms with Gasteiger partial charge in [0.2, 0.25) is 0 Å². The summed E-state index contributed by atoms with van der Waals surface area (Å²) in [7, 11) is 0. The lowest BCUT2D eigenvalue weighted by molar-refractivity contribution is -0.124. The Balaban J connectivity index is 1.91. The Kier molecular flexibility index (Phi) is 6.15. The molecule has 1 saturated carbocycles. The third kappa shape index (κ3) is 4.77. The molecule has 1 aliphatic carbocycles. The number of hydrogen-bond acceptors (Lipinski definition) is 3. The second-order valence-corrected chi connectivity index (χ2v) is 6.11. The van der Waals surface area contributed by atoms with E-state index in [1.165, 1.54) is 19.3 Å². The first-order valence-electron chi connectivity index (χ1n) is 7.20. The van der Waals surface area contributed by atoms with Gasteiger partial charge in [-0.15, -0.1) is 0 Å². The van der Waals surface area contributed by atoms with Crippen LogP contribution in [0.1, 0.15) is 37.7 Å². The lowest BCUT2D eigenvalue weighted by atomic mass is 9.95. The van der Waals surface area contributed by atoms with Crippen LogP contribution < -0.4 is 15.8 Å². The van der Waals surface area contributed by atoms with Gasteiger partial charge in [0.15, 0.2) is 6.61 Å². The van der Waals surface area contributed by atoms with Crippen molar-refractivity contribution < 1.29 is 9.53 Å². The summed E-state index contributed by atoms with van der Waals surface area (Å²) in [6.45, 7) is 0.185. The highest BCUT2D eigenvalue weighted by molar-refractivity contribution is 6.35. The summed E-state index contributed by atoms with van der Waals surface area (Å²) in [5.41, 5.74) is 6.34. The van der Waals surface area contributed by atoms with Crippen LogP contribution in [-0.2, 0) is 11.3 Å². The summed E-state index contributed by atoms with van der Waals surface area (Å²) in [4.78, 5) is 11.9. The van der Waals surface area contributed by atoms with Crippen molar-refractivity contribution >= 4 is 29.1 Å². The number of amides is 1. The highest BCUT2D eigenvalue weighted by Gasteiger charge is 2.17. The summed E-state index contributed by atoms with van der Waals surface area (Å²) < 4.78 is 5.53. The second-order valence-electron chi connectivity index (χ2n) is 5.27. The maximum atomic E-state index is 11.9. The Morgan fingerprint density at radius 1 is 1.29 bits per heavy atom. The minimum atomic E-state index is -0.129. The summed E-state index contributed by atoms with van der Waals surface area (Å²) in [6.07, 6.45) is 5.68. The van der Waals surface area contributed by atoms with Gasteiger partial charge >= 0.3 is 0 Å². The highest BCUT2D eigenvalue weighted by atomic mass is 35.5. The van der Waals surface area contributed by atoms with E-state index in [0.717, 1.165) is 12.8 Å². The molecule has 0 atom stereocenters. The second kappa shape index (κ2) is 7.87. The number of nitrogens with two attached hydrogens (primary N) is 1. The normalized spacial score (nSPS) is 15.8. The molecule has 1 fully saturated rings. The van der Waals surface area contributed by atoms with Gasteiger partial charge in [-0.2, -0.15) is 0 Å². The van der Waals surface area contributed by atoms with Crippen LogP contribution in [0.4, 0.5) is 0 Å². The van der Waals surface area contributed by atoms with Crippen molar-refractivity contribution in [1.82, 2.24) is 5.32 Å². The molecular weight excluding hydrogens is 311 g/mol. The van der Waals surface area contributed by atoms with Crippen LogP contribution in [0.5, 0.6) is 5.75 Å². The third-order valence-corrected chi connectivity index (χ3v) is 4.12. The Morgan fingerprint density at radius 3 is 2.67 bits per heavy atom. The lowest BCUT2D eigenvalue weighted by Crippen LogP contribution is -2.39. The number of hydrogen-bond donors (Lipinski definition) is 2. The molecule has 3 N–H and O–H groups in total. The largest absolute Gasteiger partial charge is 0.482 e. The first-order chi connectivity index (χ1) is 10.1. The minimum absolute atomic E-state index is 0.0646. The number of carbonyl (C=O) groups is 1. The molecule has 2 rings (SSSR count). The number of nitrogens with one attached hydrogen (secondary N) is 1. The quantitative estimate of drug-likeness (QED) is 0.870. The minimum Gasteiger partial charge on any atom is -0.482 e. The van der Waals surface area contributed by atoms with Crippen molar-refractivity contribution in [1.29, 1.82) is 0 Å². The number of carbonyl (C=O) groups excluding carboxylic acids is 1. The maximum Gasteiger partial charge on any atom is 0.258 e. The average Bonchev–Trinajstić information content (AvgIpc) is 2.46. The lowest BCUT2D eigenvalue weighted by Gasteiger charge is -2.23. The zero-order valence-corrected chi connectivity index (χ0v) is 13.3. The van der Waals surface area contributed by atoms with Crippen LogP contribution in [0.2, 0.25) is 10.0 Å². The highest BCUT2D eigenvalue weighted by Crippen LogP contribution is 2.32. The Bertz CT molecular complexity index is 503. The fraction of sp³-hybridized carbons (Fsp3) is 0.533. The van der Waals surface area contributed by atoms with Crippen LogP contribution in [0.25, 0.3) is 0 Å². The molecule has 1 amide bonds. The maximum absolute atomic E-state index is 11.9. The van der Waals surface area contributed by atoms with E-state index in [1.807, 2.05) is 0 Å². The summed E-state index contributed by atoms with van der Waals surface area (Å²) >= 11 is 12.0. The van der Waals surface area contributed by atoms with Crippen LogP contribution in [0.15, 0.2) is 12.1 Å². The van der Waals surface area contributed by atoms with E-state index in [4.69, 9.17) is 33.7 Å². The molecule has 0 bridgehead atoms. The summed E-state index contributed by atoms with van der Waals surface area (Å²) in [5.74, 6) is 0.304. The fourth-order valence-corrected chi connectivity index (χ4v) is 3.17. The van der Waals surface area contributed by atoms with Crippen molar-refractivity contribution in [2.75, 3.05) is 6.61 Å². The van der Waals surface area contributed by atoms with Crippen molar-refractivity contribution in [3.8, 4) is 5.75 Å². The van der Waals surface area contributed by atoms with Gasteiger partial charge in [-0.25, -0.2) is 0 Å². The average molecular weight is 331 g/mol. The van der Waals surface area contributed by atoms with Gasteiger partial charge in [-0.1, -0.05) is 42.5 Å². The molecule has 0 saturated heterocycles. The molecule has 0 spiro atoms. The predicted molar refractivity (Wildman–Crippen MR) is 84.9 cm³/mol. The fourth-order valence-electron chi connectivity index (χ4n) is 2.58. The molecule has 116 valence electrons. The SMILES string of the molecule is NCc1cc(Cl)cc(Cl)c1OCC(=O)NC1CCCCC1.